The van der Waals surface area contributed by atoms with E-state index < -0.39 is 46.5 Å². The summed E-state index contributed by atoms with van der Waals surface area (Å²) in [6, 6.07) is 9.17. The molecule has 148 valence electrons. The van der Waals surface area contributed by atoms with Gasteiger partial charge in [-0.15, -0.1) is 0 Å². The Kier molecular flexibility index (Phi) is 5.72. The Labute approximate surface area is 160 Å². The highest BCUT2D eigenvalue weighted by Crippen LogP contribution is 2.43. The molecule has 1 fully saturated rings. The van der Waals surface area contributed by atoms with Crippen LogP contribution < -0.4 is 5.32 Å². The van der Waals surface area contributed by atoms with Crippen molar-refractivity contribution in [2.45, 2.75) is 44.1 Å². The zero-order chi connectivity index (χ0) is 20.3. The van der Waals surface area contributed by atoms with Crippen LogP contribution in [0.5, 0.6) is 0 Å². The predicted octanol–water partition coefficient (Wildman–Crippen LogP) is 4.49. The summed E-state index contributed by atoms with van der Waals surface area (Å²) < 4.78 is 47.1. The first-order chi connectivity index (χ1) is 13.3. The molecule has 7 heteroatoms. The van der Waals surface area contributed by atoms with Gasteiger partial charge in [-0.25, -0.2) is 13.2 Å². The van der Waals surface area contributed by atoms with E-state index in [1.165, 1.54) is 25.1 Å². The lowest BCUT2D eigenvalue weighted by molar-refractivity contribution is -0.159. The normalized spacial score (nSPS) is 16.4. The first-order valence-corrected chi connectivity index (χ1v) is 9.06. The van der Waals surface area contributed by atoms with Gasteiger partial charge in [0.25, 0.3) is 5.91 Å². The van der Waals surface area contributed by atoms with Gasteiger partial charge in [-0.2, -0.15) is 0 Å². The van der Waals surface area contributed by atoms with E-state index in [2.05, 4.69) is 5.32 Å². The molecular formula is C21H20F3NO3. The zero-order valence-corrected chi connectivity index (χ0v) is 15.3. The molecule has 0 spiro atoms. The molecule has 0 heterocycles. The van der Waals surface area contributed by atoms with Gasteiger partial charge in [-0.3, -0.25) is 9.59 Å². The number of esters is 1. The topological polar surface area (TPSA) is 55.4 Å². The minimum atomic E-state index is -1.31. The Bertz CT molecular complexity index is 874. The predicted molar refractivity (Wildman–Crippen MR) is 97.1 cm³/mol. The standard InChI is InChI=1S/C21H20F3NO3/c1-13(19(26)25-18-16(23)9-6-10-17(18)24)28-20(27)21(11-4-5-12-21)14-7-2-3-8-15(14)22/h2-3,6-10,13H,4-5,11-12H2,1H3,(H,25,26)/t13-/m1/s1. The summed E-state index contributed by atoms with van der Waals surface area (Å²) in [7, 11) is 0. The second kappa shape index (κ2) is 8.04. The molecule has 0 saturated heterocycles. The number of rotatable bonds is 5. The van der Waals surface area contributed by atoms with Gasteiger partial charge in [0.15, 0.2) is 6.10 Å². The van der Waals surface area contributed by atoms with E-state index in [0.717, 1.165) is 25.0 Å². The van der Waals surface area contributed by atoms with Crippen LogP contribution in [0, 0.1) is 17.5 Å². The van der Waals surface area contributed by atoms with Crippen LogP contribution in [-0.2, 0) is 19.7 Å². The second-order valence-electron chi connectivity index (χ2n) is 6.90. The van der Waals surface area contributed by atoms with Crippen molar-refractivity contribution >= 4 is 17.6 Å². The highest BCUT2D eigenvalue weighted by Gasteiger charge is 2.46. The lowest BCUT2D eigenvalue weighted by Gasteiger charge is -2.29. The monoisotopic (exact) mass is 391 g/mol. The molecule has 0 radical (unpaired) electrons. The SMILES string of the molecule is C[C@@H](OC(=O)C1(c2ccccc2F)CCCC1)C(=O)Nc1c(F)cccc1F. The molecule has 2 aromatic rings. The second-order valence-corrected chi connectivity index (χ2v) is 6.90. The maximum Gasteiger partial charge on any atom is 0.317 e. The average Bonchev–Trinajstić information content (AvgIpc) is 3.16. The summed E-state index contributed by atoms with van der Waals surface area (Å²) in [5, 5.41) is 2.10. The minimum absolute atomic E-state index is 0.241. The third-order valence-corrected chi connectivity index (χ3v) is 5.10. The Morgan fingerprint density at radius 3 is 2.14 bits per heavy atom. The smallest absolute Gasteiger partial charge is 0.317 e. The third-order valence-electron chi connectivity index (χ3n) is 5.10. The number of nitrogens with one attached hydrogen (secondary N) is 1. The number of hydrogen-bond donors (Lipinski definition) is 1. The Balaban J connectivity index is 1.77. The van der Waals surface area contributed by atoms with Gasteiger partial charge >= 0.3 is 5.97 Å². The average molecular weight is 391 g/mol. The number of para-hydroxylation sites is 1. The minimum Gasteiger partial charge on any atom is -0.452 e. The molecule has 1 saturated carbocycles. The van der Waals surface area contributed by atoms with Gasteiger partial charge in [-0.05, 0) is 38.0 Å². The van der Waals surface area contributed by atoms with Crippen LogP contribution in [0.2, 0.25) is 0 Å². The highest BCUT2D eigenvalue weighted by atomic mass is 19.1. The quantitative estimate of drug-likeness (QED) is 0.765. The lowest BCUT2D eigenvalue weighted by Crippen LogP contribution is -2.40. The van der Waals surface area contributed by atoms with Crippen molar-refractivity contribution in [1.29, 1.82) is 0 Å². The summed E-state index contributed by atoms with van der Waals surface area (Å²) in [5.41, 5.74) is -1.53. The van der Waals surface area contributed by atoms with Crippen LogP contribution in [0.15, 0.2) is 42.5 Å². The molecule has 2 aromatic carbocycles. The van der Waals surface area contributed by atoms with Crippen molar-refractivity contribution in [1.82, 2.24) is 0 Å². The molecule has 1 atom stereocenters. The van der Waals surface area contributed by atoms with Gasteiger partial charge < -0.3 is 10.1 Å². The highest BCUT2D eigenvalue weighted by molar-refractivity contribution is 5.96. The molecule has 1 amide bonds. The molecule has 0 unspecified atom stereocenters. The zero-order valence-electron chi connectivity index (χ0n) is 15.3. The van der Waals surface area contributed by atoms with Crippen LogP contribution in [-0.4, -0.2) is 18.0 Å². The molecule has 4 nitrogen and oxygen atoms in total. The largest absolute Gasteiger partial charge is 0.452 e. The molecule has 1 aliphatic carbocycles. The van der Waals surface area contributed by atoms with Crippen LogP contribution >= 0.6 is 0 Å². The van der Waals surface area contributed by atoms with E-state index in [-0.39, 0.29) is 5.56 Å². The number of carbonyl (C=O) groups excluding carboxylic acids is 2. The van der Waals surface area contributed by atoms with Gasteiger partial charge in [-0.1, -0.05) is 37.1 Å². The number of hydrogen-bond acceptors (Lipinski definition) is 3. The maximum atomic E-state index is 14.3. The third kappa shape index (κ3) is 3.74. The van der Waals surface area contributed by atoms with E-state index in [4.69, 9.17) is 4.74 Å². The molecule has 28 heavy (non-hydrogen) atoms. The summed E-state index contributed by atoms with van der Waals surface area (Å²) in [6.45, 7) is 1.30. The molecule has 0 aromatic heterocycles. The molecule has 0 bridgehead atoms. The van der Waals surface area contributed by atoms with Gasteiger partial charge in [0.1, 0.15) is 23.1 Å². The van der Waals surface area contributed by atoms with E-state index in [0.29, 0.717) is 12.8 Å². The van der Waals surface area contributed by atoms with Crippen molar-refractivity contribution < 1.29 is 27.5 Å². The summed E-state index contributed by atoms with van der Waals surface area (Å²) in [5.74, 6) is -3.98. The Morgan fingerprint density at radius 1 is 0.964 bits per heavy atom. The number of carbonyl (C=O) groups is 2. The first kappa shape index (κ1) is 19.9. The fourth-order valence-electron chi connectivity index (χ4n) is 3.58. The number of ether oxygens (including phenoxy) is 1. The van der Waals surface area contributed by atoms with Crippen molar-refractivity contribution in [3.63, 3.8) is 0 Å². The van der Waals surface area contributed by atoms with Crippen molar-refractivity contribution in [3.8, 4) is 0 Å². The van der Waals surface area contributed by atoms with Gasteiger partial charge in [0.2, 0.25) is 0 Å². The van der Waals surface area contributed by atoms with E-state index in [9.17, 15) is 22.8 Å². The summed E-state index contributed by atoms with van der Waals surface area (Å²) in [6.07, 6.45) is 0.955. The number of anilines is 1. The van der Waals surface area contributed by atoms with Gasteiger partial charge in [0.05, 0.1) is 5.41 Å². The summed E-state index contributed by atoms with van der Waals surface area (Å²) in [4.78, 5) is 25.2. The van der Waals surface area contributed by atoms with Crippen LogP contribution in [0.4, 0.5) is 18.9 Å². The van der Waals surface area contributed by atoms with Crippen molar-refractivity contribution in [3.05, 3.63) is 65.5 Å². The van der Waals surface area contributed by atoms with Crippen LogP contribution in [0.3, 0.4) is 0 Å². The summed E-state index contributed by atoms with van der Waals surface area (Å²) >= 11 is 0. The number of halogens is 3. The van der Waals surface area contributed by atoms with E-state index in [1.807, 2.05) is 0 Å². The van der Waals surface area contributed by atoms with E-state index >= 15 is 0 Å². The Hall–Kier alpha value is -2.83. The molecular weight excluding hydrogens is 371 g/mol. The molecule has 1 N–H and O–H groups in total. The fraction of sp³-hybridized carbons (Fsp3) is 0.333. The van der Waals surface area contributed by atoms with Crippen molar-refractivity contribution in [2.75, 3.05) is 5.32 Å². The number of amides is 1. The maximum absolute atomic E-state index is 14.3. The van der Waals surface area contributed by atoms with Crippen LogP contribution in [0.1, 0.15) is 38.2 Å². The number of benzene rings is 2. The van der Waals surface area contributed by atoms with E-state index in [1.54, 1.807) is 12.1 Å². The Morgan fingerprint density at radius 2 is 1.54 bits per heavy atom. The first-order valence-electron chi connectivity index (χ1n) is 9.06. The molecule has 1 aliphatic rings. The molecule has 0 aliphatic heterocycles. The van der Waals surface area contributed by atoms with Crippen molar-refractivity contribution in [2.24, 2.45) is 0 Å². The fourth-order valence-corrected chi connectivity index (χ4v) is 3.58. The van der Waals surface area contributed by atoms with Crippen LogP contribution in [0.25, 0.3) is 0 Å². The molecule has 3 rings (SSSR count). The van der Waals surface area contributed by atoms with Gasteiger partial charge in [0, 0.05) is 5.56 Å². The lowest BCUT2D eigenvalue weighted by atomic mass is 9.78.